The lowest BCUT2D eigenvalue weighted by Crippen LogP contribution is -2.46. The quantitative estimate of drug-likeness (QED) is 0.163. The third kappa shape index (κ3) is 9.91. The van der Waals surface area contributed by atoms with E-state index in [9.17, 15) is 49.1 Å². The molecule has 0 aliphatic heterocycles. The van der Waals surface area contributed by atoms with E-state index < -0.39 is 79.2 Å². The highest BCUT2D eigenvalue weighted by molar-refractivity contribution is 6.48. The van der Waals surface area contributed by atoms with Crippen molar-refractivity contribution in [1.29, 1.82) is 0 Å². The molecule has 0 radical (unpaired) electrons. The lowest BCUT2D eigenvalue weighted by Gasteiger charge is -2.22. The summed E-state index contributed by atoms with van der Waals surface area (Å²) in [5, 5.41) is 3.40. The number of hydrogen-bond donors (Lipinski definition) is 2. The number of nitrogens with one attached hydrogen (secondary N) is 2. The summed E-state index contributed by atoms with van der Waals surface area (Å²) in [5.41, 5.74) is -2.88. The predicted molar refractivity (Wildman–Crippen MR) is 130 cm³/mol. The Morgan fingerprint density at radius 1 is 0.875 bits per heavy atom. The molecule has 16 heteroatoms. The third-order valence-electron chi connectivity index (χ3n) is 5.52. The lowest BCUT2D eigenvalue weighted by molar-refractivity contribution is -0.152. The largest absolute Gasteiger partial charge is 0.417 e. The van der Waals surface area contributed by atoms with E-state index in [4.69, 9.17) is 34.8 Å². The normalized spacial score (nSPS) is 14.0. The first kappa shape index (κ1) is 33.8. The van der Waals surface area contributed by atoms with Crippen LogP contribution >= 0.6 is 34.8 Å². The molecule has 4 nitrogen and oxygen atoms in total. The van der Waals surface area contributed by atoms with Crippen molar-refractivity contribution in [1.82, 2.24) is 10.6 Å². The minimum absolute atomic E-state index is 0.160. The van der Waals surface area contributed by atoms with Gasteiger partial charge in [-0.1, -0.05) is 40.9 Å². The average molecular weight is 646 g/mol. The summed E-state index contributed by atoms with van der Waals surface area (Å²) in [6.07, 6.45) is -19.4. The first-order chi connectivity index (χ1) is 18.2. The molecule has 0 aromatic heterocycles. The van der Waals surface area contributed by atoms with Gasteiger partial charge in [-0.15, -0.1) is 0 Å². The molecule has 2 aromatic rings. The van der Waals surface area contributed by atoms with E-state index in [1.54, 1.807) is 0 Å². The second kappa shape index (κ2) is 13.1. The van der Waals surface area contributed by atoms with E-state index in [0.29, 0.717) is 6.07 Å². The van der Waals surface area contributed by atoms with Gasteiger partial charge in [-0.05, 0) is 55.2 Å². The molecule has 2 rings (SSSR count). The zero-order valence-corrected chi connectivity index (χ0v) is 22.5. The number of halogens is 12. The lowest BCUT2D eigenvalue weighted by atomic mass is 9.90. The van der Waals surface area contributed by atoms with Crippen molar-refractivity contribution in [3.63, 3.8) is 0 Å². The Hall–Kier alpha value is -2.38. The maximum absolute atomic E-state index is 13.8. The van der Waals surface area contributed by atoms with E-state index in [1.165, 1.54) is 0 Å². The summed E-state index contributed by atoms with van der Waals surface area (Å²) < 4.78 is 119. The Morgan fingerprint density at radius 2 is 1.45 bits per heavy atom. The number of benzene rings is 2. The molecule has 0 aliphatic rings. The second-order valence-electron chi connectivity index (χ2n) is 8.69. The number of carbonyl (C=O) groups excluding carboxylic acids is 2. The van der Waals surface area contributed by atoms with Gasteiger partial charge in [0.2, 0.25) is 5.91 Å². The molecule has 0 bridgehead atoms. The topological polar surface area (TPSA) is 58.2 Å². The number of alkyl halides is 9. The molecule has 0 saturated carbocycles. The molecule has 0 fully saturated rings. The SMILES string of the molecule is C[C@H](NC(=O)CCC(F)(F)F)NC(=O)c1ccc(CCC(c2cc(Cl)c(Cl)c(Cl)c2)C(F)(F)F)cc1C(F)(F)F. The highest BCUT2D eigenvalue weighted by Gasteiger charge is 2.41. The van der Waals surface area contributed by atoms with Crippen LogP contribution in [0.5, 0.6) is 0 Å². The van der Waals surface area contributed by atoms with Gasteiger partial charge in [0, 0.05) is 6.42 Å². The first-order valence-corrected chi connectivity index (χ1v) is 12.4. The molecule has 40 heavy (non-hydrogen) atoms. The van der Waals surface area contributed by atoms with Crippen LogP contribution in [0, 0.1) is 0 Å². The first-order valence-electron chi connectivity index (χ1n) is 11.3. The van der Waals surface area contributed by atoms with Gasteiger partial charge in [0.05, 0.1) is 44.7 Å². The Bertz CT molecular complexity index is 1210. The van der Waals surface area contributed by atoms with Gasteiger partial charge < -0.3 is 10.6 Å². The summed E-state index contributed by atoms with van der Waals surface area (Å²) in [5.74, 6) is -4.57. The molecule has 2 atom stereocenters. The maximum Gasteiger partial charge on any atom is 0.417 e. The van der Waals surface area contributed by atoms with Crippen molar-refractivity contribution >= 4 is 46.6 Å². The predicted octanol–water partition coefficient (Wildman–Crippen LogP) is 8.48. The molecule has 0 spiro atoms. The van der Waals surface area contributed by atoms with Gasteiger partial charge in [-0.2, -0.15) is 39.5 Å². The molecule has 0 heterocycles. The fourth-order valence-electron chi connectivity index (χ4n) is 3.67. The summed E-state index contributed by atoms with van der Waals surface area (Å²) in [6.45, 7) is 1.12. The number of rotatable bonds is 9. The fourth-order valence-corrected chi connectivity index (χ4v) is 4.28. The van der Waals surface area contributed by atoms with Gasteiger partial charge in [0.15, 0.2) is 0 Å². The summed E-state index contributed by atoms with van der Waals surface area (Å²) in [4.78, 5) is 24.1. The van der Waals surface area contributed by atoms with Crippen LogP contribution in [0.3, 0.4) is 0 Å². The molecule has 0 aliphatic carbocycles. The van der Waals surface area contributed by atoms with Crippen LogP contribution in [0.1, 0.15) is 59.2 Å². The molecule has 2 aromatic carbocycles. The number of amides is 2. The third-order valence-corrected chi connectivity index (χ3v) is 6.72. The highest BCUT2D eigenvalue weighted by Crippen LogP contribution is 2.42. The van der Waals surface area contributed by atoms with E-state index in [0.717, 1.165) is 31.2 Å². The van der Waals surface area contributed by atoms with E-state index in [1.807, 2.05) is 10.6 Å². The van der Waals surface area contributed by atoms with Crippen LogP contribution < -0.4 is 10.6 Å². The number of carbonyl (C=O) groups is 2. The fraction of sp³-hybridized carbons (Fsp3) is 0.417. The van der Waals surface area contributed by atoms with Crippen molar-refractivity contribution in [2.24, 2.45) is 0 Å². The number of hydrogen-bond acceptors (Lipinski definition) is 2. The molecular formula is C24H20Cl3F9N2O2. The Balaban J connectivity index is 2.23. The smallest absolute Gasteiger partial charge is 0.336 e. The molecular weight excluding hydrogens is 626 g/mol. The Kier molecular flexibility index (Phi) is 11.1. The standard InChI is InChI=1S/C24H20Cl3F9N2O2/c1-11(37-19(39)6-7-22(28,29)30)38-21(40)14-4-2-12(8-16(14)24(34,35)36)3-5-15(23(31,32)33)13-9-17(25)20(27)18(26)10-13/h2,4,8-11,15H,3,5-7H2,1H3,(H,37,39)(H,38,40)/t11-,15?/m1/s1. The van der Waals surface area contributed by atoms with Crippen molar-refractivity contribution in [2.45, 2.75) is 63.2 Å². The van der Waals surface area contributed by atoms with Gasteiger partial charge in [0.1, 0.15) is 0 Å². The molecule has 222 valence electrons. The van der Waals surface area contributed by atoms with Crippen molar-refractivity contribution in [2.75, 3.05) is 0 Å². The number of aryl methyl sites for hydroxylation is 1. The van der Waals surface area contributed by atoms with Crippen LogP contribution in [0.15, 0.2) is 30.3 Å². The van der Waals surface area contributed by atoms with Crippen molar-refractivity contribution in [3.8, 4) is 0 Å². The molecule has 0 saturated heterocycles. The van der Waals surface area contributed by atoms with Crippen LogP contribution in [-0.4, -0.2) is 30.3 Å². The highest BCUT2D eigenvalue weighted by atomic mass is 35.5. The van der Waals surface area contributed by atoms with Crippen molar-refractivity contribution < 1.29 is 49.1 Å². The molecule has 2 amide bonds. The summed E-state index contributed by atoms with van der Waals surface area (Å²) >= 11 is 17.4. The van der Waals surface area contributed by atoms with Gasteiger partial charge in [0.25, 0.3) is 5.91 Å². The van der Waals surface area contributed by atoms with Crippen LogP contribution in [0.25, 0.3) is 0 Å². The van der Waals surface area contributed by atoms with Gasteiger partial charge in [-0.25, -0.2) is 0 Å². The van der Waals surface area contributed by atoms with E-state index >= 15 is 0 Å². The minimum Gasteiger partial charge on any atom is -0.336 e. The monoisotopic (exact) mass is 644 g/mol. The van der Waals surface area contributed by atoms with E-state index in [2.05, 4.69) is 0 Å². The van der Waals surface area contributed by atoms with Crippen LogP contribution in [-0.2, 0) is 17.4 Å². The summed E-state index contributed by atoms with van der Waals surface area (Å²) in [6, 6.07) is 4.24. The Morgan fingerprint density at radius 3 is 1.95 bits per heavy atom. The summed E-state index contributed by atoms with van der Waals surface area (Å²) in [7, 11) is 0. The zero-order valence-electron chi connectivity index (χ0n) is 20.2. The van der Waals surface area contributed by atoms with Gasteiger partial charge >= 0.3 is 18.5 Å². The zero-order chi connectivity index (χ0) is 30.6. The minimum atomic E-state index is -5.09. The average Bonchev–Trinajstić information content (AvgIpc) is 2.79. The van der Waals surface area contributed by atoms with Crippen LogP contribution in [0.2, 0.25) is 15.1 Å². The molecule has 2 N–H and O–H groups in total. The second-order valence-corrected chi connectivity index (χ2v) is 9.88. The van der Waals surface area contributed by atoms with Crippen molar-refractivity contribution in [3.05, 3.63) is 67.7 Å². The Labute approximate surface area is 237 Å². The van der Waals surface area contributed by atoms with Crippen LogP contribution in [0.4, 0.5) is 39.5 Å². The maximum atomic E-state index is 13.8. The van der Waals surface area contributed by atoms with E-state index in [-0.39, 0.29) is 26.2 Å². The molecule has 1 unspecified atom stereocenters. The van der Waals surface area contributed by atoms with Gasteiger partial charge in [-0.3, -0.25) is 9.59 Å².